The van der Waals surface area contributed by atoms with Crippen LogP contribution in [0.5, 0.6) is 5.75 Å². The van der Waals surface area contributed by atoms with Crippen molar-refractivity contribution in [1.29, 1.82) is 0 Å². The fourth-order valence-corrected chi connectivity index (χ4v) is 4.18. The van der Waals surface area contributed by atoms with Crippen LogP contribution in [-0.4, -0.2) is 27.3 Å². The van der Waals surface area contributed by atoms with Gasteiger partial charge in [-0.3, -0.25) is 0 Å². The van der Waals surface area contributed by atoms with Gasteiger partial charge in [0, 0.05) is 0 Å². The maximum absolute atomic E-state index is 5.58. The van der Waals surface area contributed by atoms with Crippen LogP contribution in [0.2, 0.25) is 0 Å². The average molecular weight is 377 g/mol. The van der Waals surface area contributed by atoms with Gasteiger partial charge in [0.15, 0.2) is 5.82 Å². The van der Waals surface area contributed by atoms with Gasteiger partial charge in [0.25, 0.3) is 0 Å². The Kier molecular flexibility index (Phi) is 5.03. The van der Waals surface area contributed by atoms with Crippen LogP contribution in [-0.2, 0) is 5.54 Å². The lowest BCUT2D eigenvalue weighted by molar-refractivity contribution is 0.307. The van der Waals surface area contributed by atoms with Crippen LogP contribution in [0, 0.1) is 13.8 Å². The molecule has 0 unspecified atom stereocenters. The Morgan fingerprint density at radius 1 is 1.00 bits per heavy atom. The van der Waals surface area contributed by atoms with E-state index in [9.17, 15) is 0 Å². The molecule has 0 radical (unpaired) electrons. The molecule has 1 N–H and O–H groups in total. The molecule has 0 spiro atoms. The molecule has 0 saturated heterocycles. The molecule has 3 aromatic rings. The third kappa shape index (κ3) is 3.23. The lowest BCUT2D eigenvalue weighted by Crippen LogP contribution is -2.40. The number of rotatable bonds is 5. The van der Waals surface area contributed by atoms with E-state index in [2.05, 4.69) is 59.0 Å². The van der Waals surface area contributed by atoms with Crippen LogP contribution in [0.15, 0.2) is 42.5 Å². The number of para-hydroxylation sites is 2. The molecule has 1 saturated carbocycles. The zero-order valence-corrected chi connectivity index (χ0v) is 16.8. The number of aryl methyl sites for hydroxylation is 1. The lowest BCUT2D eigenvalue weighted by Gasteiger charge is -2.38. The van der Waals surface area contributed by atoms with Gasteiger partial charge in [-0.2, -0.15) is 4.68 Å². The number of tetrazole rings is 1. The fourth-order valence-electron chi connectivity index (χ4n) is 4.18. The molecule has 1 aliphatic rings. The largest absolute Gasteiger partial charge is 0.495 e. The molecule has 0 atom stereocenters. The van der Waals surface area contributed by atoms with Gasteiger partial charge in [-0.25, -0.2) is 0 Å². The molecule has 2 aromatic carbocycles. The summed E-state index contributed by atoms with van der Waals surface area (Å²) in [7, 11) is 1.70. The molecule has 1 fully saturated rings. The predicted octanol–water partition coefficient (Wildman–Crippen LogP) is 4.56. The summed E-state index contributed by atoms with van der Waals surface area (Å²) in [4.78, 5) is 0. The minimum Gasteiger partial charge on any atom is -0.495 e. The van der Waals surface area contributed by atoms with Crippen LogP contribution in [0.1, 0.15) is 49.1 Å². The number of benzene rings is 2. The van der Waals surface area contributed by atoms with Gasteiger partial charge < -0.3 is 10.1 Å². The van der Waals surface area contributed by atoms with Crippen molar-refractivity contribution in [2.75, 3.05) is 12.4 Å². The second kappa shape index (κ2) is 7.62. The zero-order valence-electron chi connectivity index (χ0n) is 16.8. The summed E-state index contributed by atoms with van der Waals surface area (Å²) in [6.45, 7) is 4.24. The smallest absolute Gasteiger partial charge is 0.181 e. The highest BCUT2D eigenvalue weighted by Gasteiger charge is 2.40. The van der Waals surface area contributed by atoms with Crippen molar-refractivity contribution < 1.29 is 4.74 Å². The van der Waals surface area contributed by atoms with E-state index in [0.717, 1.165) is 48.6 Å². The standard InChI is InChI=1S/C22H27N5O/c1-16-10-9-12-19(17(16)2)27-21(24-25-26-27)22(14-7-4-8-15-22)23-18-11-5-6-13-20(18)28-3/h5-6,9-13,23H,4,7-8,14-15H2,1-3H3. The maximum Gasteiger partial charge on any atom is 0.181 e. The van der Waals surface area contributed by atoms with Crippen LogP contribution in [0.25, 0.3) is 5.69 Å². The van der Waals surface area contributed by atoms with Gasteiger partial charge in [0.2, 0.25) is 0 Å². The highest BCUT2D eigenvalue weighted by atomic mass is 16.5. The van der Waals surface area contributed by atoms with Crippen molar-refractivity contribution in [2.24, 2.45) is 0 Å². The van der Waals surface area contributed by atoms with Crippen molar-refractivity contribution in [3.8, 4) is 11.4 Å². The van der Waals surface area contributed by atoms with E-state index >= 15 is 0 Å². The molecule has 6 nitrogen and oxygen atoms in total. The molecule has 0 bridgehead atoms. The Bertz CT molecular complexity index is 959. The number of methoxy groups -OCH3 is 1. The van der Waals surface area contributed by atoms with Crippen LogP contribution in [0.4, 0.5) is 5.69 Å². The number of hydrogen-bond donors (Lipinski definition) is 1. The first-order valence-corrected chi connectivity index (χ1v) is 9.91. The van der Waals surface area contributed by atoms with Crippen molar-refractivity contribution in [2.45, 2.75) is 51.5 Å². The highest BCUT2D eigenvalue weighted by molar-refractivity contribution is 5.58. The van der Waals surface area contributed by atoms with E-state index in [-0.39, 0.29) is 5.54 Å². The number of anilines is 1. The summed E-state index contributed by atoms with van der Waals surface area (Å²) in [5, 5.41) is 16.7. The van der Waals surface area contributed by atoms with Gasteiger partial charge in [-0.05, 0) is 66.4 Å². The van der Waals surface area contributed by atoms with Crippen LogP contribution in [0.3, 0.4) is 0 Å². The third-order valence-electron chi connectivity index (χ3n) is 5.89. The van der Waals surface area contributed by atoms with Crippen LogP contribution >= 0.6 is 0 Å². The topological polar surface area (TPSA) is 64.9 Å². The number of ether oxygens (including phenoxy) is 1. The van der Waals surface area contributed by atoms with Crippen molar-refractivity contribution >= 4 is 5.69 Å². The summed E-state index contributed by atoms with van der Waals surface area (Å²) < 4.78 is 7.49. The molecule has 1 aliphatic carbocycles. The van der Waals surface area contributed by atoms with E-state index < -0.39 is 0 Å². The molecule has 146 valence electrons. The predicted molar refractivity (Wildman–Crippen MR) is 110 cm³/mol. The quantitative estimate of drug-likeness (QED) is 0.706. The minimum atomic E-state index is -0.327. The normalized spacial score (nSPS) is 16.0. The van der Waals surface area contributed by atoms with Gasteiger partial charge in [0.05, 0.1) is 24.0 Å². The zero-order chi connectivity index (χ0) is 19.6. The van der Waals surface area contributed by atoms with E-state index in [1.54, 1.807) is 7.11 Å². The minimum absolute atomic E-state index is 0.327. The monoisotopic (exact) mass is 377 g/mol. The third-order valence-corrected chi connectivity index (χ3v) is 5.89. The molecule has 1 aromatic heterocycles. The Morgan fingerprint density at radius 2 is 1.79 bits per heavy atom. The summed E-state index contributed by atoms with van der Waals surface area (Å²) in [5.74, 6) is 1.70. The Hall–Kier alpha value is -2.89. The molecule has 1 heterocycles. The fraction of sp³-hybridized carbons (Fsp3) is 0.409. The summed E-state index contributed by atoms with van der Waals surface area (Å²) in [6.07, 6.45) is 5.48. The van der Waals surface area contributed by atoms with E-state index in [1.807, 2.05) is 22.9 Å². The number of nitrogens with one attached hydrogen (secondary N) is 1. The van der Waals surface area contributed by atoms with Gasteiger partial charge in [0.1, 0.15) is 5.75 Å². The molecular weight excluding hydrogens is 350 g/mol. The van der Waals surface area contributed by atoms with E-state index in [0.29, 0.717) is 0 Å². The van der Waals surface area contributed by atoms with E-state index in [4.69, 9.17) is 4.74 Å². The molecule has 28 heavy (non-hydrogen) atoms. The molecule has 4 rings (SSSR count). The number of nitrogens with zero attached hydrogens (tertiary/aromatic N) is 4. The second-order valence-corrected chi connectivity index (χ2v) is 7.60. The van der Waals surface area contributed by atoms with Gasteiger partial charge in [-0.15, -0.1) is 5.10 Å². The second-order valence-electron chi connectivity index (χ2n) is 7.60. The summed E-state index contributed by atoms with van der Waals surface area (Å²) in [6, 6.07) is 14.3. The Balaban J connectivity index is 1.82. The first-order chi connectivity index (χ1) is 13.6. The summed E-state index contributed by atoms with van der Waals surface area (Å²) in [5.41, 5.74) is 4.11. The maximum atomic E-state index is 5.58. The van der Waals surface area contributed by atoms with Gasteiger partial charge >= 0.3 is 0 Å². The van der Waals surface area contributed by atoms with Crippen molar-refractivity contribution in [3.63, 3.8) is 0 Å². The van der Waals surface area contributed by atoms with Crippen molar-refractivity contribution in [1.82, 2.24) is 20.2 Å². The molecule has 0 aliphatic heterocycles. The highest BCUT2D eigenvalue weighted by Crippen LogP contribution is 2.41. The molecule has 6 heteroatoms. The lowest BCUT2D eigenvalue weighted by atomic mass is 9.80. The molecule has 0 amide bonds. The van der Waals surface area contributed by atoms with Crippen LogP contribution < -0.4 is 10.1 Å². The Labute approximate surface area is 165 Å². The number of hydrogen-bond acceptors (Lipinski definition) is 5. The Morgan fingerprint density at radius 3 is 2.57 bits per heavy atom. The molecular formula is C22H27N5O. The van der Waals surface area contributed by atoms with Crippen molar-refractivity contribution in [3.05, 3.63) is 59.4 Å². The average Bonchev–Trinajstić information content (AvgIpc) is 3.21. The summed E-state index contributed by atoms with van der Waals surface area (Å²) >= 11 is 0. The van der Waals surface area contributed by atoms with E-state index in [1.165, 1.54) is 17.5 Å². The number of aromatic nitrogens is 4. The first-order valence-electron chi connectivity index (χ1n) is 9.91. The first kappa shape index (κ1) is 18.5. The SMILES string of the molecule is COc1ccccc1NC1(c2nnnn2-c2cccc(C)c2C)CCCCC1. The van der Waals surface area contributed by atoms with Gasteiger partial charge in [-0.1, -0.05) is 43.5 Å².